The Hall–Kier alpha value is -1.62. The minimum atomic E-state index is -1.02. The van der Waals surface area contributed by atoms with Crippen LogP contribution in [0.2, 0.25) is 0 Å². The molecule has 1 aromatic rings. The molecule has 0 saturated heterocycles. The molecule has 5 heteroatoms. The minimum absolute atomic E-state index is 0.0383. The Morgan fingerprint density at radius 3 is 3.13 bits per heavy atom. The van der Waals surface area contributed by atoms with E-state index in [1.807, 2.05) is 6.92 Å². The van der Waals surface area contributed by atoms with Crippen LogP contribution in [0, 0.1) is 0 Å². The molecule has 1 rings (SSSR count). The van der Waals surface area contributed by atoms with E-state index in [4.69, 9.17) is 9.84 Å². The molecule has 0 atom stereocenters. The van der Waals surface area contributed by atoms with Crippen LogP contribution in [0.4, 0.5) is 5.69 Å². The largest absolute Gasteiger partial charge is 0.477 e. The molecule has 0 aromatic carbocycles. The highest BCUT2D eigenvalue weighted by Crippen LogP contribution is 2.07. The molecule has 2 N–H and O–H groups in total. The first-order valence-corrected chi connectivity index (χ1v) is 4.75. The van der Waals surface area contributed by atoms with Gasteiger partial charge in [0.15, 0.2) is 0 Å². The Morgan fingerprint density at radius 1 is 1.67 bits per heavy atom. The molecule has 0 aliphatic carbocycles. The molecule has 82 valence electrons. The summed E-state index contributed by atoms with van der Waals surface area (Å²) in [5, 5.41) is 11.8. The summed E-state index contributed by atoms with van der Waals surface area (Å²) in [5.74, 6) is -1.02. The molecule has 0 bridgehead atoms. The predicted octanol–water partition coefficient (Wildman–Crippen LogP) is 1.23. The van der Waals surface area contributed by atoms with Crippen molar-refractivity contribution in [3.63, 3.8) is 0 Å². The molecule has 0 spiro atoms. The number of nitrogens with one attached hydrogen (secondary N) is 1. The summed E-state index contributed by atoms with van der Waals surface area (Å²) in [6.45, 7) is 3.85. The highest BCUT2D eigenvalue weighted by molar-refractivity contribution is 5.86. The Bertz CT molecular complexity index is 328. The number of rotatable bonds is 6. The first-order chi connectivity index (χ1) is 7.24. The maximum atomic E-state index is 10.6. The van der Waals surface area contributed by atoms with Crippen LogP contribution >= 0.6 is 0 Å². The van der Waals surface area contributed by atoms with Crippen molar-refractivity contribution >= 4 is 11.7 Å². The third-order valence-electron chi connectivity index (χ3n) is 1.76. The number of ether oxygens (including phenoxy) is 1. The van der Waals surface area contributed by atoms with Gasteiger partial charge < -0.3 is 15.2 Å². The van der Waals surface area contributed by atoms with Gasteiger partial charge in [0, 0.05) is 25.0 Å². The number of pyridine rings is 1. The van der Waals surface area contributed by atoms with Crippen molar-refractivity contribution in [1.29, 1.82) is 0 Å². The average Bonchev–Trinajstić information content (AvgIpc) is 2.25. The summed E-state index contributed by atoms with van der Waals surface area (Å²) < 4.78 is 5.14. The van der Waals surface area contributed by atoms with Crippen LogP contribution in [0.5, 0.6) is 0 Å². The second kappa shape index (κ2) is 5.98. The highest BCUT2D eigenvalue weighted by Gasteiger charge is 2.03. The van der Waals surface area contributed by atoms with Gasteiger partial charge in [-0.15, -0.1) is 0 Å². The topological polar surface area (TPSA) is 71.5 Å². The van der Waals surface area contributed by atoms with Crippen LogP contribution in [-0.4, -0.2) is 35.8 Å². The lowest BCUT2D eigenvalue weighted by atomic mass is 10.3. The summed E-state index contributed by atoms with van der Waals surface area (Å²) in [4.78, 5) is 14.3. The van der Waals surface area contributed by atoms with E-state index in [0.29, 0.717) is 19.8 Å². The van der Waals surface area contributed by atoms with Gasteiger partial charge in [-0.05, 0) is 19.1 Å². The van der Waals surface area contributed by atoms with E-state index in [-0.39, 0.29) is 5.69 Å². The molecule has 0 saturated carbocycles. The van der Waals surface area contributed by atoms with Crippen molar-refractivity contribution in [3.05, 3.63) is 24.0 Å². The summed E-state index contributed by atoms with van der Waals surface area (Å²) >= 11 is 0. The number of aromatic carboxylic acids is 1. The Balaban J connectivity index is 2.47. The summed E-state index contributed by atoms with van der Waals surface area (Å²) in [7, 11) is 0. The smallest absolute Gasteiger partial charge is 0.354 e. The lowest BCUT2D eigenvalue weighted by Gasteiger charge is -2.06. The van der Waals surface area contributed by atoms with Gasteiger partial charge >= 0.3 is 5.97 Å². The predicted molar refractivity (Wildman–Crippen MR) is 56.2 cm³/mol. The molecular formula is C10H14N2O3. The van der Waals surface area contributed by atoms with Crippen LogP contribution < -0.4 is 5.32 Å². The number of nitrogens with zero attached hydrogens (tertiary/aromatic N) is 1. The molecule has 0 radical (unpaired) electrons. The monoisotopic (exact) mass is 210 g/mol. The van der Waals surface area contributed by atoms with Crippen molar-refractivity contribution in [2.75, 3.05) is 25.1 Å². The van der Waals surface area contributed by atoms with Gasteiger partial charge in [0.05, 0.1) is 6.61 Å². The van der Waals surface area contributed by atoms with Crippen molar-refractivity contribution in [3.8, 4) is 0 Å². The Morgan fingerprint density at radius 2 is 2.47 bits per heavy atom. The third kappa shape index (κ3) is 3.95. The highest BCUT2D eigenvalue weighted by atomic mass is 16.5. The Kier molecular flexibility index (Phi) is 4.56. The molecule has 15 heavy (non-hydrogen) atoms. The fraction of sp³-hybridized carbons (Fsp3) is 0.400. The van der Waals surface area contributed by atoms with Gasteiger partial charge in [-0.2, -0.15) is 0 Å². The zero-order chi connectivity index (χ0) is 11.1. The van der Waals surface area contributed by atoms with E-state index in [9.17, 15) is 4.79 Å². The lowest BCUT2D eigenvalue weighted by Crippen LogP contribution is -2.10. The molecule has 0 unspecified atom stereocenters. The summed E-state index contributed by atoms with van der Waals surface area (Å²) in [6, 6.07) is 3.21. The lowest BCUT2D eigenvalue weighted by molar-refractivity contribution is 0.0690. The maximum Gasteiger partial charge on any atom is 0.354 e. The number of carboxylic acid groups (broad SMARTS) is 1. The molecule has 5 nitrogen and oxygen atoms in total. The second-order valence-electron chi connectivity index (χ2n) is 2.86. The van der Waals surface area contributed by atoms with Crippen LogP contribution in [0.15, 0.2) is 18.3 Å². The standard InChI is InChI=1S/C10H14N2O3/c1-2-15-6-5-11-8-3-4-12-9(7-8)10(13)14/h3-4,7H,2,5-6H2,1H3,(H,11,12)(H,13,14). The molecule has 0 aliphatic rings. The van der Waals surface area contributed by atoms with E-state index in [2.05, 4.69) is 10.3 Å². The zero-order valence-corrected chi connectivity index (χ0v) is 8.56. The molecule has 0 fully saturated rings. The average molecular weight is 210 g/mol. The van der Waals surface area contributed by atoms with Crippen molar-refractivity contribution < 1.29 is 14.6 Å². The Labute approximate surface area is 88.1 Å². The number of carboxylic acids is 1. The minimum Gasteiger partial charge on any atom is -0.477 e. The fourth-order valence-corrected chi connectivity index (χ4v) is 1.07. The third-order valence-corrected chi connectivity index (χ3v) is 1.76. The van der Waals surface area contributed by atoms with E-state index in [1.165, 1.54) is 12.3 Å². The first-order valence-electron chi connectivity index (χ1n) is 4.75. The van der Waals surface area contributed by atoms with Crippen LogP contribution in [0.1, 0.15) is 17.4 Å². The van der Waals surface area contributed by atoms with E-state index in [0.717, 1.165) is 5.69 Å². The molecule has 1 heterocycles. The zero-order valence-electron chi connectivity index (χ0n) is 8.56. The molecule has 1 aromatic heterocycles. The van der Waals surface area contributed by atoms with Gasteiger partial charge in [0.2, 0.25) is 0 Å². The second-order valence-corrected chi connectivity index (χ2v) is 2.86. The normalized spacial score (nSPS) is 9.93. The van der Waals surface area contributed by atoms with E-state index in [1.54, 1.807) is 6.07 Å². The fourth-order valence-electron chi connectivity index (χ4n) is 1.07. The van der Waals surface area contributed by atoms with E-state index < -0.39 is 5.97 Å². The van der Waals surface area contributed by atoms with Gasteiger partial charge in [0.25, 0.3) is 0 Å². The van der Waals surface area contributed by atoms with Gasteiger partial charge in [-0.25, -0.2) is 9.78 Å². The van der Waals surface area contributed by atoms with Crippen molar-refractivity contribution in [2.24, 2.45) is 0 Å². The van der Waals surface area contributed by atoms with Gasteiger partial charge in [-0.3, -0.25) is 0 Å². The quantitative estimate of drug-likeness (QED) is 0.691. The summed E-state index contributed by atoms with van der Waals surface area (Å²) in [5.41, 5.74) is 0.776. The summed E-state index contributed by atoms with van der Waals surface area (Å²) in [6.07, 6.45) is 1.46. The maximum absolute atomic E-state index is 10.6. The van der Waals surface area contributed by atoms with Crippen molar-refractivity contribution in [2.45, 2.75) is 6.92 Å². The van der Waals surface area contributed by atoms with Gasteiger partial charge in [0.1, 0.15) is 5.69 Å². The SMILES string of the molecule is CCOCCNc1ccnc(C(=O)O)c1. The molecular weight excluding hydrogens is 196 g/mol. The number of aromatic nitrogens is 1. The number of carbonyl (C=O) groups is 1. The van der Waals surface area contributed by atoms with Crippen molar-refractivity contribution in [1.82, 2.24) is 4.98 Å². The first kappa shape index (κ1) is 11.5. The number of hydrogen-bond donors (Lipinski definition) is 2. The van der Waals surface area contributed by atoms with E-state index >= 15 is 0 Å². The van der Waals surface area contributed by atoms with Crippen LogP contribution in [-0.2, 0) is 4.74 Å². The van der Waals surface area contributed by atoms with Gasteiger partial charge in [-0.1, -0.05) is 0 Å². The molecule has 0 amide bonds. The van der Waals surface area contributed by atoms with Crippen LogP contribution in [0.25, 0.3) is 0 Å². The number of hydrogen-bond acceptors (Lipinski definition) is 4. The number of anilines is 1. The van der Waals surface area contributed by atoms with Crippen LogP contribution in [0.3, 0.4) is 0 Å². The molecule has 0 aliphatic heterocycles.